The number of aliphatic imine (C=N–C) groups is 1. The number of fused-ring (bicyclic) bond motifs is 2. The lowest BCUT2D eigenvalue weighted by molar-refractivity contribution is 0.239. The average molecular weight is 420 g/mol. The Morgan fingerprint density at radius 3 is 2.87 bits per heavy atom. The summed E-state index contributed by atoms with van der Waals surface area (Å²) in [4.78, 5) is 11.9. The summed E-state index contributed by atoms with van der Waals surface area (Å²) in [5.41, 5.74) is 6.97. The van der Waals surface area contributed by atoms with E-state index < -0.39 is 0 Å². The van der Waals surface area contributed by atoms with E-state index in [0.29, 0.717) is 12.5 Å². The molecule has 2 aromatic heterocycles. The molecule has 2 bridgehead atoms. The molecule has 166 valence electrons. The fraction of sp³-hybridized carbons (Fsp3) is 0.519. The quantitative estimate of drug-likeness (QED) is 0.434. The molecule has 4 nitrogen and oxygen atoms in total. The maximum atomic E-state index is 5.96. The molecule has 0 amide bonds. The van der Waals surface area contributed by atoms with Gasteiger partial charge in [0.25, 0.3) is 0 Å². The molecule has 31 heavy (non-hydrogen) atoms. The van der Waals surface area contributed by atoms with Gasteiger partial charge < -0.3 is 14.7 Å². The lowest BCUT2D eigenvalue weighted by atomic mass is 9.87. The van der Waals surface area contributed by atoms with Crippen LogP contribution in [0.25, 0.3) is 6.08 Å². The lowest BCUT2D eigenvalue weighted by Crippen LogP contribution is -2.01. The van der Waals surface area contributed by atoms with Gasteiger partial charge in [0.1, 0.15) is 11.5 Å². The topological polar surface area (TPSA) is 53.2 Å². The van der Waals surface area contributed by atoms with E-state index in [0.717, 1.165) is 29.3 Å². The molecule has 0 spiro atoms. The van der Waals surface area contributed by atoms with Crippen LogP contribution in [0.5, 0.6) is 0 Å². The van der Waals surface area contributed by atoms with Crippen molar-refractivity contribution < 1.29 is 4.74 Å². The van der Waals surface area contributed by atoms with Crippen molar-refractivity contribution in [1.82, 2.24) is 9.97 Å². The summed E-state index contributed by atoms with van der Waals surface area (Å²) in [6, 6.07) is 6.51. The molecule has 2 aliphatic rings. The summed E-state index contributed by atoms with van der Waals surface area (Å²) < 4.78 is 5.96. The van der Waals surface area contributed by atoms with Crippen molar-refractivity contribution in [2.24, 2.45) is 4.99 Å². The fourth-order valence-corrected chi connectivity index (χ4v) is 4.85. The molecular weight excluding hydrogens is 382 g/mol. The van der Waals surface area contributed by atoms with Crippen molar-refractivity contribution in [3.63, 3.8) is 0 Å². The number of nitrogens with zero attached hydrogens (tertiary/aromatic N) is 1. The van der Waals surface area contributed by atoms with Crippen LogP contribution in [-0.2, 0) is 11.2 Å². The zero-order valence-corrected chi connectivity index (χ0v) is 19.2. The van der Waals surface area contributed by atoms with E-state index in [9.17, 15) is 0 Å². The maximum Gasteiger partial charge on any atom is 0.147 e. The average Bonchev–Trinajstić information content (AvgIpc) is 3.51. The number of aromatic amines is 2. The van der Waals surface area contributed by atoms with Gasteiger partial charge in [-0.1, -0.05) is 45.4 Å². The Bertz CT molecular complexity index is 930. The van der Waals surface area contributed by atoms with Gasteiger partial charge in [0, 0.05) is 23.7 Å². The van der Waals surface area contributed by atoms with E-state index in [4.69, 9.17) is 9.73 Å². The second-order valence-electron chi connectivity index (χ2n) is 8.86. The molecule has 1 unspecified atom stereocenters. The first-order chi connectivity index (χ1) is 15.3. The van der Waals surface area contributed by atoms with Crippen LogP contribution in [0.1, 0.15) is 100 Å². The third kappa shape index (κ3) is 5.41. The third-order valence-electron chi connectivity index (χ3n) is 6.50. The highest BCUT2D eigenvalue weighted by Crippen LogP contribution is 2.35. The van der Waals surface area contributed by atoms with Crippen molar-refractivity contribution in [3.8, 4) is 0 Å². The van der Waals surface area contributed by atoms with E-state index in [2.05, 4.69) is 41.2 Å². The molecule has 2 aromatic rings. The highest BCUT2D eigenvalue weighted by atomic mass is 16.5. The zero-order chi connectivity index (χ0) is 21.5. The SMILES string of the molecule is CCCCCC1CCCCCCc2cc1c(C=C1N=C(c3ccc[nH]3)C=C1OCC)[nH]2. The highest BCUT2D eigenvalue weighted by Gasteiger charge is 2.22. The number of H-pyrrole nitrogens is 2. The third-order valence-corrected chi connectivity index (χ3v) is 6.50. The summed E-state index contributed by atoms with van der Waals surface area (Å²) >= 11 is 0. The summed E-state index contributed by atoms with van der Waals surface area (Å²) in [5.74, 6) is 1.50. The van der Waals surface area contributed by atoms with Crippen molar-refractivity contribution in [2.75, 3.05) is 6.61 Å². The van der Waals surface area contributed by atoms with Crippen LogP contribution in [0, 0.1) is 0 Å². The van der Waals surface area contributed by atoms with Gasteiger partial charge in [-0.15, -0.1) is 0 Å². The number of nitrogens with one attached hydrogen (secondary N) is 2. The Labute approximate surface area is 186 Å². The number of aromatic nitrogens is 2. The standard InChI is InChI=1S/C27H37N3O/c1-3-5-8-12-20-13-9-6-7-10-14-21-17-22(20)24(29-21)18-26-27(31-4-2)19-25(30-26)23-15-11-16-28-23/h11,15-20,28-29H,3-10,12-14H2,1-2H3. The molecule has 0 aromatic carbocycles. The molecule has 4 heteroatoms. The normalized spacial score (nSPS) is 20.6. The maximum absolute atomic E-state index is 5.96. The second kappa shape index (κ2) is 10.7. The van der Waals surface area contributed by atoms with Crippen molar-refractivity contribution >= 4 is 11.8 Å². The summed E-state index contributed by atoms with van der Waals surface area (Å²) in [6.45, 7) is 4.96. The molecular formula is C27H37N3O. The van der Waals surface area contributed by atoms with Crippen molar-refractivity contribution in [1.29, 1.82) is 0 Å². The minimum absolute atomic E-state index is 0.634. The summed E-state index contributed by atoms with van der Waals surface area (Å²) in [6.07, 6.45) is 19.2. The molecule has 4 rings (SSSR count). The van der Waals surface area contributed by atoms with Gasteiger partial charge in [-0.25, -0.2) is 4.99 Å². The van der Waals surface area contributed by atoms with Crippen LogP contribution in [0.4, 0.5) is 0 Å². The first kappa shape index (κ1) is 21.7. The van der Waals surface area contributed by atoms with Gasteiger partial charge in [-0.2, -0.15) is 0 Å². The van der Waals surface area contributed by atoms with Crippen LogP contribution in [0.2, 0.25) is 0 Å². The minimum atomic E-state index is 0.634. The lowest BCUT2D eigenvalue weighted by Gasteiger charge is -2.18. The molecule has 3 heterocycles. The molecule has 1 aliphatic heterocycles. The Kier molecular flexibility index (Phi) is 7.50. The van der Waals surface area contributed by atoms with Crippen LogP contribution in [0.15, 0.2) is 46.9 Å². The number of unbranched alkanes of at least 4 members (excludes halogenated alkanes) is 2. The van der Waals surface area contributed by atoms with E-state index in [-0.39, 0.29) is 0 Å². The van der Waals surface area contributed by atoms with Gasteiger partial charge in [-0.05, 0) is 68.4 Å². The molecule has 0 saturated carbocycles. The van der Waals surface area contributed by atoms with Crippen LogP contribution >= 0.6 is 0 Å². The van der Waals surface area contributed by atoms with Gasteiger partial charge in [0.05, 0.1) is 18.0 Å². The number of hydrogen-bond donors (Lipinski definition) is 2. The highest BCUT2D eigenvalue weighted by molar-refractivity contribution is 6.11. The molecule has 0 saturated heterocycles. The van der Waals surface area contributed by atoms with E-state index in [1.165, 1.54) is 74.7 Å². The molecule has 2 N–H and O–H groups in total. The Balaban J connectivity index is 1.68. The first-order valence-electron chi connectivity index (χ1n) is 12.3. The van der Waals surface area contributed by atoms with Crippen molar-refractivity contribution in [2.45, 2.75) is 84.0 Å². The Hall–Kier alpha value is -2.49. The minimum Gasteiger partial charge on any atom is -0.492 e. The number of rotatable bonds is 8. The molecule has 1 atom stereocenters. The van der Waals surface area contributed by atoms with Gasteiger partial charge in [0.2, 0.25) is 0 Å². The Morgan fingerprint density at radius 2 is 2.06 bits per heavy atom. The molecule has 1 aliphatic carbocycles. The predicted octanol–water partition coefficient (Wildman–Crippen LogP) is 7.28. The zero-order valence-electron chi connectivity index (χ0n) is 19.2. The predicted molar refractivity (Wildman–Crippen MR) is 129 cm³/mol. The van der Waals surface area contributed by atoms with Crippen LogP contribution in [0.3, 0.4) is 0 Å². The Morgan fingerprint density at radius 1 is 1.16 bits per heavy atom. The van der Waals surface area contributed by atoms with E-state index >= 15 is 0 Å². The second-order valence-corrected chi connectivity index (χ2v) is 8.86. The number of aryl methyl sites for hydroxylation is 1. The van der Waals surface area contributed by atoms with Crippen LogP contribution in [-0.4, -0.2) is 22.3 Å². The first-order valence-corrected chi connectivity index (χ1v) is 12.3. The smallest absolute Gasteiger partial charge is 0.147 e. The monoisotopic (exact) mass is 419 g/mol. The summed E-state index contributed by atoms with van der Waals surface area (Å²) in [7, 11) is 0. The summed E-state index contributed by atoms with van der Waals surface area (Å²) in [5, 5.41) is 0. The fourth-order valence-electron chi connectivity index (χ4n) is 4.85. The van der Waals surface area contributed by atoms with E-state index in [1.807, 2.05) is 19.2 Å². The van der Waals surface area contributed by atoms with Crippen molar-refractivity contribution in [3.05, 3.63) is 64.6 Å². The van der Waals surface area contributed by atoms with E-state index in [1.54, 1.807) is 0 Å². The van der Waals surface area contributed by atoms with Crippen LogP contribution < -0.4 is 0 Å². The molecule has 0 radical (unpaired) electrons. The largest absolute Gasteiger partial charge is 0.492 e. The number of hydrogen-bond acceptors (Lipinski definition) is 2. The molecule has 0 fully saturated rings. The number of ether oxygens (including phenoxy) is 1. The number of allylic oxidation sites excluding steroid dienone is 1. The van der Waals surface area contributed by atoms with Gasteiger partial charge >= 0.3 is 0 Å². The van der Waals surface area contributed by atoms with Gasteiger partial charge in [0.15, 0.2) is 0 Å². The van der Waals surface area contributed by atoms with Gasteiger partial charge in [-0.3, -0.25) is 0 Å².